The first-order valence-electron chi connectivity index (χ1n) is 10.1. The van der Waals surface area contributed by atoms with Crippen LogP contribution in [0, 0.1) is 11.3 Å². The molecular weight excluding hydrogens is 400 g/mol. The highest BCUT2D eigenvalue weighted by atomic mass is 35.5. The molecule has 0 bridgehead atoms. The smallest absolute Gasteiger partial charge is 0.0992 e. The van der Waals surface area contributed by atoms with Crippen LogP contribution in [-0.2, 0) is 0 Å². The third-order valence-electron chi connectivity index (χ3n) is 5.70. The molecule has 0 fully saturated rings. The molecule has 0 saturated heterocycles. The fraction of sp³-hybridized carbons (Fsp3) is 0.409. The van der Waals surface area contributed by atoms with Crippen LogP contribution in [-0.4, -0.2) is 42.8 Å². The van der Waals surface area contributed by atoms with Crippen LogP contribution in [0.25, 0.3) is 0 Å². The summed E-state index contributed by atoms with van der Waals surface area (Å²) in [6.45, 7) is 5.82. The molecule has 8 heteroatoms. The van der Waals surface area contributed by atoms with Crippen molar-refractivity contribution in [2.75, 3.05) is 24.7 Å². The van der Waals surface area contributed by atoms with Gasteiger partial charge in [0, 0.05) is 18.4 Å². The second-order valence-electron chi connectivity index (χ2n) is 8.27. The first-order valence-corrected chi connectivity index (χ1v) is 10.5. The van der Waals surface area contributed by atoms with Gasteiger partial charge in [-0.1, -0.05) is 17.7 Å². The third-order valence-corrected chi connectivity index (χ3v) is 6.00. The highest BCUT2D eigenvalue weighted by molar-refractivity contribution is 6.33. The zero-order valence-corrected chi connectivity index (χ0v) is 17.9. The van der Waals surface area contributed by atoms with Crippen molar-refractivity contribution in [2.24, 2.45) is 0 Å². The summed E-state index contributed by atoms with van der Waals surface area (Å²) >= 11 is 6.42. The highest BCUT2D eigenvalue weighted by Crippen LogP contribution is 2.31. The van der Waals surface area contributed by atoms with Crippen LogP contribution in [0.4, 0.5) is 5.69 Å². The molecule has 3 heterocycles. The van der Waals surface area contributed by atoms with Gasteiger partial charge in [-0.25, -0.2) is 0 Å². The molecule has 3 aliphatic rings. The number of dihydropyridines is 1. The SMILES string of the molecule is CC(C)(O)C1=CNC(NC2NCNC3=C2CCN(c2ccc(C#N)cc2Cl)C3)C=C1. The fourth-order valence-corrected chi connectivity index (χ4v) is 4.29. The minimum atomic E-state index is -0.864. The molecule has 0 aliphatic carbocycles. The van der Waals surface area contributed by atoms with Gasteiger partial charge >= 0.3 is 0 Å². The standard InChI is InChI=1S/C22H27ClN6O/c1-22(2,30)15-4-6-20(25-11-15)28-21-16-7-8-29(12-18(16)26-13-27-21)19-5-3-14(10-24)9-17(19)23/h3-6,9,11,20-21,25-28,30H,7-8,12-13H2,1-2H3. The van der Waals surface area contributed by atoms with Gasteiger partial charge in [0.15, 0.2) is 0 Å². The fourth-order valence-electron chi connectivity index (χ4n) is 3.99. The van der Waals surface area contributed by atoms with E-state index in [0.29, 0.717) is 17.3 Å². The lowest BCUT2D eigenvalue weighted by molar-refractivity contribution is 0.122. The molecule has 2 atom stereocenters. The summed E-state index contributed by atoms with van der Waals surface area (Å²) in [5.41, 5.74) is 4.02. The quantitative estimate of drug-likeness (QED) is 0.501. The Bertz CT molecular complexity index is 955. The lowest BCUT2D eigenvalue weighted by Crippen LogP contribution is -2.59. The molecule has 0 radical (unpaired) electrons. The van der Waals surface area contributed by atoms with E-state index in [0.717, 1.165) is 30.8 Å². The minimum absolute atomic E-state index is 0.0218. The van der Waals surface area contributed by atoms with E-state index < -0.39 is 5.60 Å². The number of halogens is 1. The summed E-state index contributed by atoms with van der Waals surface area (Å²) in [7, 11) is 0. The average molecular weight is 427 g/mol. The molecule has 0 amide bonds. The molecule has 0 spiro atoms. The summed E-state index contributed by atoms with van der Waals surface area (Å²) in [6, 6.07) is 7.58. The molecule has 1 aromatic rings. The van der Waals surface area contributed by atoms with E-state index in [1.807, 2.05) is 30.5 Å². The number of hydrogen-bond donors (Lipinski definition) is 5. The molecule has 5 N–H and O–H groups in total. The maximum Gasteiger partial charge on any atom is 0.0992 e. The van der Waals surface area contributed by atoms with Crippen LogP contribution in [0.3, 0.4) is 0 Å². The first-order chi connectivity index (χ1) is 14.3. The molecule has 0 saturated carbocycles. The predicted octanol–water partition coefficient (Wildman–Crippen LogP) is 1.88. The Kier molecular flexibility index (Phi) is 5.76. The second-order valence-corrected chi connectivity index (χ2v) is 8.68. The monoisotopic (exact) mass is 426 g/mol. The van der Waals surface area contributed by atoms with E-state index >= 15 is 0 Å². The topological polar surface area (TPSA) is 95.4 Å². The van der Waals surface area contributed by atoms with Crippen molar-refractivity contribution in [2.45, 2.75) is 38.2 Å². The lowest BCUT2D eigenvalue weighted by Gasteiger charge is -2.40. The first kappa shape index (κ1) is 20.8. The molecular formula is C22H27ClN6O. The van der Waals surface area contributed by atoms with Gasteiger partial charge in [-0.05, 0) is 55.7 Å². The molecule has 4 rings (SSSR count). The second kappa shape index (κ2) is 8.32. The van der Waals surface area contributed by atoms with Gasteiger partial charge in [-0.2, -0.15) is 5.26 Å². The Morgan fingerprint density at radius 3 is 2.87 bits per heavy atom. The normalized spacial score (nSPS) is 23.8. The zero-order chi connectivity index (χ0) is 21.3. The maximum absolute atomic E-state index is 10.1. The maximum atomic E-state index is 10.1. The van der Waals surface area contributed by atoms with Gasteiger partial charge in [-0.15, -0.1) is 0 Å². The van der Waals surface area contributed by atoms with Crippen LogP contribution < -0.4 is 26.2 Å². The van der Waals surface area contributed by atoms with Gasteiger partial charge in [0.1, 0.15) is 0 Å². The number of hydrogen-bond acceptors (Lipinski definition) is 7. The van der Waals surface area contributed by atoms with E-state index in [1.54, 1.807) is 19.9 Å². The summed E-state index contributed by atoms with van der Waals surface area (Å²) in [5.74, 6) is 0. The summed E-state index contributed by atoms with van der Waals surface area (Å²) in [6.07, 6.45) is 6.78. The Balaban J connectivity index is 1.44. The molecule has 158 valence electrons. The van der Waals surface area contributed by atoms with Crippen LogP contribution in [0.15, 0.2) is 53.4 Å². The van der Waals surface area contributed by atoms with E-state index in [9.17, 15) is 5.11 Å². The van der Waals surface area contributed by atoms with Gasteiger partial charge in [0.2, 0.25) is 0 Å². The van der Waals surface area contributed by atoms with Crippen LogP contribution >= 0.6 is 11.6 Å². The number of nitrogens with zero attached hydrogens (tertiary/aromatic N) is 2. The average Bonchev–Trinajstić information content (AvgIpc) is 2.73. The minimum Gasteiger partial charge on any atom is -0.386 e. The molecule has 3 aliphatic heterocycles. The zero-order valence-electron chi connectivity index (χ0n) is 17.2. The van der Waals surface area contributed by atoms with Crippen molar-refractivity contribution in [1.82, 2.24) is 21.3 Å². The number of aliphatic hydroxyl groups is 1. The number of rotatable bonds is 4. The van der Waals surface area contributed by atoms with Gasteiger partial charge in [0.25, 0.3) is 0 Å². The summed E-state index contributed by atoms with van der Waals surface area (Å²) in [5, 5.41) is 33.7. The Morgan fingerprint density at radius 1 is 1.37 bits per heavy atom. The number of nitriles is 1. The van der Waals surface area contributed by atoms with Crippen molar-refractivity contribution in [3.63, 3.8) is 0 Å². The van der Waals surface area contributed by atoms with Crippen LogP contribution in [0.5, 0.6) is 0 Å². The summed E-state index contributed by atoms with van der Waals surface area (Å²) < 4.78 is 0. The van der Waals surface area contributed by atoms with Crippen molar-refractivity contribution in [1.29, 1.82) is 5.26 Å². The van der Waals surface area contributed by atoms with Crippen molar-refractivity contribution in [3.05, 3.63) is 64.0 Å². The molecule has 0 aromatic heterocycles. The van der Waals surface area contributed by atoms with E-state index in [1.165, 1.54) is 11.3 Å². The van der Waals surface area contributed by atoms with Crippen molar-refractivity contribution in [3.8, 4) is 6.07 Å². The predicted molar refractivity (Wildman–Crippen MR) is 119 cm³/mol. The number of anilines is 1. The van der Waals surface area contributed by atoms with Crippen molar-refractivity contribution < 1.29 is 5.11 Å². The van der Waals surface area contributed by atoms with Gasteiger partial charge in [0.05, 0.1) is 53.5 Å². The third kappa shape index (κ3) is 4.32. The number of benzene rings is 1. The Hall–Kier alpha value is -2.50. The molecule has 30 heavy (non-hydrogen) atoms. The highest BCUT2D eigenvalue weighted by Gasteiger charge is 2.30. The summed E-state index contributed by atoms with van der Waals surface area (Å²) in [4.78, 5) is 2.24. The largest absolute Gasteiger partial charge is 0.386 e. The van der Waals surface area contributed by atoms with Crippen molar-refractivity contribution >= 4 is 17.3 Å². The van der Waals surface area contributed by atoms with Gasteiger partial charge in [-0.3, -0.25) is 10.6 Å². The van der Waals surface area contributed by atoms with Crippen LogP contribution in [0.1, 0.15) is 25.8 Å². The Labute approximate surface area is 182 Å². The Morgan fingerprint density at radius 2 is 2.20 bits per heavy atom. The lowest BCUT2D eigenvalue weighted by atomic mass is 9.96. The molecule has 2 unspecified atom stereocenters. The van der Waals surface area contributed by atoms with E-state index in [4.69, 9.17) is 16.9 Å². The van der Waals surface area contributed by atoms with Gasteiger partial charge < -0.3 is 20.6 Å². The molecule has 7 nitrogen and oxygen atoms in total. The number of nitrogens with one attached hydrogen (secondary N) is 4. The van der Waals surface area contributed by atoms with E-state index in [2.05, 4.69) is 32.2 Å². The molecule has 1 aromatic carbocycles. The van der Waals surface area contributed by atoms with E-state index in [-0.39, 0.29) is 12.3 Å². The van der Waals surface area contributed by atoms with Crippen LogP contribution in [0.2, 0.25) is 5.02 Å².